The number of amides is 5. The van der Waals surface area contributed by atoms with Gasteiger partial charge in [0.25, 0.3) is 0 Å². The van der Waals surface area contributed by atoms with Crippen molar-refractivity contribution < 1.29 is 28.8 Å². The standard InChI is InChI=1S/2C8H17NO.C8H16O.C7H13NO.C5H11NO.C4H9NO/c1-6(2)5-7(3)9-8(4)10;1-5-6(2)7(3)9-8(4)10;1-6(2)7(3)5-8(4)9;1-6-4-3-5-8(6)7(2)9;1-4(2)6-5(3)7;1-3-5-4(2)6/h2*6-7H,5H2,1-4H3,(H,9,10);6-7H,5H2,1-4H3;6H,3-5H2,1-2H3;4H,1-3H3,(H,6,7);3H2,1-2H3,(H,5,6). The molecule has 304 valence electrons. The Balaban J connectivity index is -0.000000167. The van der Waals surface area contributed by atoms with Gasteiger partial charge in [-0.3, -0.25) is 24.0 Å². The number of Topliss-reactive ketones (excluding diaryl/α,β-unsaturated/α-hetero) is 1. The van der Waals surface area contributed by atoms with E-state index in [1.165, 1.54) is 26.7 Å². The molecule has 1 heterocycles. The molecular weight excluding hydrogens is 646 g/mol. The van der Waals surface area contributed by atoms with Crippen molar-refractivity contribution in [3.8, 4) is 0 Å². The maximum atomic E-state index is 10.8. The molecule has 11 heteroatoms. The number of hydrogen-bond acceptors (Lipinski definition) is 6. The molecule has 5 atom stereocenters. The fraction of sp³-hybridized carbons (Fsp3) is 0.850. The summed E-state index contributed by atoms with van der Waals surface area (Å²) < 4.78 is 0. The van der Waals surface area contributed by atoms with Gasteiger partial charge in [0.2, 0.25) is 29.5 Å². The topological polar surface area (TPSA) is 154 Å². The Morgan fingerprint density at radius 1 is 0.667 bits per heavy atom. The molecule has 0 aromatic rings. The lowest BCUT2D eigenvalue weighted by Crippen LogP contribution is -2.35. The Hall–Kier alpha value is -2.98. The van der Waals surface area contributed by atoms with Gasteiger partial charge in [-0.15, -0.1) is 0 Å². The third kappa shape index (κ3) is 49.2. The van der Waals surface area contributed by atoms with E-state index in [0.29, 0.717) is 47.6 Å². The molecule has 4 N–H and O–H groups in total. The highest BCUT2D eigenvalue weighted by molar-refractivity contribution is 5.76. The van der Waals surface area contributed by atoms with E-state index in [-0.39, 0.29) is 35.6 Å². The molecule has 1 aliphatic rings. The molecule has 0 aromatic carbocycles. The fourth-order valence-corrected chi connectivity index (χ4v) is 4.68. The molecule has 5 amide bonds. The third-order valence-electron chi connectivity index (χ3n) is 7.83. The molecule has 0 bridgehead atoms. The van der Waals surface area contributed by atoms with Gasteiger partial charge in [0, 0.05) is 78.3 Å². The summed E-state index contributed by atoms with van der Waals surface area (Å²) in [6.07, 6.45) is 5.26. The van der Waals surface area contributed by atoms with Gasteiger partial charge in [-0.2, -0.15) is 0 Å². The first kappa shape index (κ1) is 57.4. The van der Waals surface area contributed by atoms with E-state index in [0.717, 1.165) is 32.4 Å². The van der Waals surface area contributed by atoms with Crippen LogP contribution < -0.4 is 21.3 Å². The molecule has 51 heavy (non-hydrogen) atoms. The van der Waals surface area contributed by atoms with Crippen LogP contribution in [-0.2, 0) is 28.8 Å². The predicted molar refractivity (Wildman–Crippen MR) is 214 cm³/mol. The zero-order valence-corrected chi connectivity index (χ0v) is 36.5. The predicted octanol–water partition coefficient (Wildman–Crippen LogP) is 7.06. The molecule has 1 rings (SSSR count). The van der Waals surface area contributed by atoms with E-state index >= 15 is 0 Å². The van der Waals surface area contributed by atoms with Crippen molar-refractivity contribution in [3.63, 3.8) is 0 Å². The number of hydrogen-bond donors (Lipinski definition) is 4. The van der Waals surface area contributed by atoms with Crippen molar-refractivity contribution in [2.45, 2.75) is 188 Å². The molecule has 0 spiro atoms. The fourth-order valence-electron chi connectivity index (χ4n) is 4.68. The zero-order valence-electron chi connectivity index (χ0n) is 36.5. The summed E-state index contributed by atoms with van der Waals surface area (Å²) in [5.41, 5.74) is 0. The average molecular weight is 730 g/mol. The quantitative estimate of drug-likeness (QED) is 0.179. The van der Waals surface area contributed by atoms with Gasteiger partial charge in [0.1, 0.15) is 5.78 Å². The lowest BCUT2D eigenvalue weighted by Gasteiger charge is -2.18. The second-order valence-electron chi connectivity index (χ2n) is 14.9. The minimum Gasteiger partial charge on any atom is -0.357 e. The molecule has 0 aromatic heterocycles. The highest BCUT2D eigenvalue weighted by atomic mass is 16.2. The number of carbonyl (C=O) groups is 6. The minimum atomic E-state index is 0.0370. The lowest BCUT2D eigenvalue weighted by atomic mass is 9.93. The van der Waals surface area contributed by atoms with Gasteiger partial charge in [-0.1, -0.05) is 54.9 Å². The van der Waals surface area contributed by atoms with E-state index in [4.69, 9.17) is 0 Å². The Kier molecular flexibility index (Phi) is 39.8. The van der Waals surface area contributed by atoms with Crippen molar-refractivity contribution >= 4 is 35.3 Å². The van der Waals surface area contributed by atoms with Crippen LogP contribution >= 0.6 is 0 Å². The van der Waals surface area contributed by atoms with Crippen molar-refractivity contribution in [2.24, 2.45) is 23.7 Å². The van der Waals surface area contributed by atoms with Crippen molar-refractivity contribution in [2.75, 3.05) is 13.1 Å². The summed E-state index contributed by atoms with van der Waals surface area (Å²) in [6.45, 7) is 38.0. The van der Waals surface area contributed by atoms with E-state index in [9.17, 15) is 28.8 Å². The van der Waals surface area contributed by atoms with Gasteiger partial charge in [0.05, 0.1) is 0 Å². The summed E-state index contributed by atoms with van der Waals surface area (Å²) in [5.74, 6) is 3.13. The SMILES string of the molecule is CC(=O)CC(C)C(C)C.CC(=O)N1CCCC1C.CC(=O)NC(C)C.CC(=O)NC(C)CC(C)C.CCC(C)C(C)NC(C)=O.CCNC(C)=O. The summed E-state index contributed by atoms with van der Waals surface area (Å²) in [4.78, 5) is 64.4. The molecule has 5 unspecified atom stereocenters. The number of likely N-dealkylation sites (tertiary alicyclic amines) is 1. The second-order valence-corrected chi connectivity index (χ2v) is 14.9. The van der Waals surface area contributed by atoms with Gasteiger partial charge >= 0.3 is 0 Å². The number of rotatable bonds is 11. The van der Waals surface area contributed by atoms with E-state index in [1.54, 1.807) is 27.7 Å². The third-order valence-corrected chi connectivity index (χ3v) is 7.83. The smallest absolute Gasteiger partial charge is 0.219 e. The maximum absolute atomic E-state index is 10.8. The molecule has 0 saturated carbocycles. The zero-order chi connectivity index (χ0) is 41.4. The van der Waals surface area contributed by atoms with Crippen LogP contribution in [0.15, 0.2) is 0 Å². The molecule has 11 nitrogen and oxygen atoms in total. The normalized spacial score (nSPS) is 15.1. The van der Waals surface area contributed by atoms with Crippen LogP contribution in [0.2, 0.25) is 0 Å². The number of ketones is 1. The monoisotopic (exact) mass is 730 g/mol. The first-order chi connectivity index (χ1) is 23.2. The molecule has 0 aliphatic carbocycles. The van der Waals surface area contributed by atoms with Crippen molar-refractivity contribution in [3.05, 3.63) is 0 Å². The first-order valence-corrected chi connectivity index (χ1v) is 19.1. The Morgan fingerprint density at radius 2 is 1.14 bits per heavy atom. The first-order valence-electron chi connectivity index (χ1n) is 19.1. The summed E-state index contributed by atoms with van der Waals surface area (Å²) in [5, 5.41) is 10.9. The highest BCUT2D eigenvalue weighted by Crippen LogP contribution is 2.15. The van der Waals surface area contributed by atoms with Crippen LogP contribution in [0.5, 0.6) is 0 Å². The Bertz CT molecular complexity index is 938. The Morgan fingerprint density at radius 3 is 1.31 bits per heavy atom. The molecule has 1 fully saturated rings. The molecule has 1 saturated heterocycles. The summed E-state index contributed by atoms with van der Waals surface area (Å²) >= 11 is 0. The van der Waals surface area contributed by atoms with Gasteiger partial charge in [0.15, 0.2) is 0 Å². The van der Waals surface area contributed by atoms with Crippen molar-refractivity contribution in [1.29, 1.82) is 0 Å². The Labute approximate surface area is 314 Å². The van der Waals surface area contributed by atoms with Crippen LogP contribution in [0.25, 0.3) is 0 Å². The number of nitrogens with zero attached hydrogens (tertiary/aromatic N) is 1. The second kappa shape index (κ2) is 35.4. The van der Waals surface area contributed by atoms with E-state index in [1.807, 2.05) is 39.5 Å². The van der Waals surface area contributed by atoms with Crippen LogP contribution in [0.3, 0.4) is 0 Å². The highest BCUT2D eigenvalue weighted by Gasteiger charge is 2.21. The maximum Gasteiger partial charge on any atom is 0.219 e. The molecule has 1 aliphatic heterocycles. The largest absolute Gasteiger partial charge is 0.357 e. The average Bonchev–Trinajstić information content (AvgIpc) is 3.38. The van der Waals surface area contributed by atoms with Gasteiger partial charge < -0.3 is 31.0 Å². The number of carbonyl (C=O) groups excluding carboxylic acids is 6. The van der Waals surface area contributed by atoms with Crippen molar-refractivity contribution in [1.82, 2.24) is 26.2 Å². The minimum absolute atomic E-state index is 0.0370. The van der Waals surface area contributed by atoms with E-state index < -0.39 is 0 Å². The summed E-state index contributed by atoms with van der Waals surface area (Å²) in [7, 11) is 0. The lowest BCUT2D eigenvalue weighted by molar-refractivity contribution is -0.129. The number of nitrogens with one attached hydrogen (secondary N) is 4. The molecule has 0 radical (unpaired) electrons. The van der Waals surface area contributed by atoms with Gasteiger partial charge in [-0.05, 0) is 91.4 Å². The van der Waals surface area contributed by atoms with Crippen LogP contribution in [0.1, 0.15) is 164 Å². The van der Waals surface area contributed by atoms with Crippen LogP contribution in [0, 0.1) is 23.7 Å². The molecular formula is C40H83N5O6. The van der Waals surface area contributed by atoms with E-state index in [2.05, 4.69) is 76.7 Å². The summed E-state index contributed by atoms with van der Waals surface area (Å²) in [6, 6.07) is 1.39. The van der Waals surface area contributed by atoms with Crippen LogP contribution in [0.4, 0.5) is 0 Å². The van der Waals surface area contributed by atoms with Crippen LogP contribution in [-0.4, -0.2) is 77.5 Å². The van der Waals surface area contributed by atoms with Gasteiger partial charge in [-0.25, -0.2) is 0 Å².